The molecule has 28 heavy (non-hydrogen) atoms. The van der Waals surface area contributed by atoms with Gasteiger partial charge < -0.3 is 20.8 Å². The van der Waals surface area contributed by atoms with Gasteiger partial charge in [-0.15, -0.1) is 0 Å². The maximum atomic E-state index is 11.0. The van der Waals surface area contributed by atoms with Gasteiger partial charge in [-0.3, -0.25) is 29.2 Å². The lowest BCUT2D eigenvalue weighted by atomic mass is 10.3. The molecule has 0 aromatic heterocycles. The highest BCUT2D eigenvalue weighted by Gasteiger charge is 2.17. The topological polar surface area (TPSA) is 112 Å². The Morgan fingerprint density at radius 3 is 1.25 bits per heavy atom. The maximum Gasteiger partial charge on any atom is 0.317 e. The van der Waals surface area contributed by atoms with Gasteiger partial charge in [-0.2, -0.15) is 0 Å². The number of nitrogens with zero attached hydrogens (tertiary/aromatic N) is 4. The standard InChI is InChI=1S/C18H36N6O4/c25-17(26)15-23-7-3-19-1-5-21(11-13-23)9-10-22-6-2-20-4-8-24(14-12-22)16-18(27)28/h19-20H,1-16H2,(H,25,26)(H,27,28). The largest absolute Gasteiger partial charge is 0.480 e. The highest BCUT2D eigenvalue weighted by Crippen LogP contribution is 1.99. The predicted molar refractivity (Wildman–Crippen MR) is 107 cm³/mol. The second-order valence-electron chi connectivity index (χ2n) is 7.52. The summed E-state index contributed by atoms with van der Waals surface area (Å²) in [4.78, 5) is 30.8. The van der Waals surface area contributed by atoms with Gasteiger partial charge in [0.25, 0.3) is 0 Å². The van der Waals surface area contributed by atoms with E-state index >= 15 is 0 Å². The fourth-order valence-electron chi connectivity index (χ4n) is 3.64. The second-order valence-corrected chi connectivity index (χ2v) is 7.52. The van der Waals surface area contributed by atoms with E-state index in [1.54, 1.807) is 0 Å². The van der Waals surface area contributed by atoms with Crippen molar-refractivity contribution in [2.75, 3.05) is 105 Å². The first-order valence-electron chi connectivity index (χ1n) is 10.3. The molecule has 2 aliphatic heterocycles. The molecule has 2 fully saturated rings. The second kappa shape index (κ2) is 13.0. The number of carboxylic acids is 2. The Morgan fingerprint density at radius 2 is 0.893 bits per heavy atom. The van der Waals surface area contributed by atoms with E-state index < -0.39 is 11.9 Å². The van der Waals surface area contributed by atoms with Crippen molar-refractivity contribution in [1.29, 1.82) is 0 Å². The number of carboxylic acid groups (broad SMARTS) is 2. The van der Waals surface area contributed by atoms with Gasteiger partial charge in [-0.05, 0) is 0 Å². The minimum absolute atomic E-state index is 0.0900. The van der Waals surface area contributed by atoms with E-state index in [0.717, 1.165) is 91.6 Å². The average molecular weight is 401 g/mol. The summed E-state index contributed by atoms with van der Waals surface area (Å²) in [5.74, 6) is -1.55. The van der Waals surface area contributed by atoms with Crippen LogP contribution in [0.5, 0.6) is 0 Å². The van der Waals surface area contributed by atoms with Crippen LogP contribution in [0.4, 0.5) is 0 Å². The molecule has 2 heterocycles. The molecule has 10 heteroatoms. The molecule has 2 aliphatic rings. The summed E-state index contributed by atoms with van der Waals surface area (Å²) >= 11 is 0. The molecule has 0 spiro atoms. The van der Waals surface area contributed by atoms with Crippen LogP contribution in [-0.4, -0.2) is 146 Å². The Balaban J connectivity index is 1.80. The first kappa shape index (κ1) is 23.0. The Kier molecular flexibility index (Phi) is 10.7. The molecule has 4 N–H and O–H groups in total. The van der Waals surface area contributed by atoms with Crippen LogP contribution in [-0.2, 0) is 9.59 Å². The van der Waals surface area contributed by atoms with Gasteiger partial charge in [0, 0.05) is 91.6 Å². The number of nitrogens with one attached hydrogen (secondary N) is 2. The predicted octanol–water partition coefficient (Wildman–Crippen LogP) is -2.43. The van der Waals surface area contributed by atoms with Crippen molar-refractivity contribution < 1.29 is 19.8 Å². The Hall–Kier alpha value is -1.30. The quantitative estimate of drug-likeness (QED) is 0.368. The number of hydrogen-bond acceptors (Lipinski definition) is 8. The van der Waals surface area contributed by atoms with Crippen molar-refractivity contribution >= 4 is 11.9 Å². The molecular formula is C18H36N6O4. The normalized spacial score (nSPS) is 23.0. The summed E-state index contributed by atoms with van der Waals surface area (Å²) in [6, 6.07) is 0. The third-order valence-corrected chi connectivity index (χ3v) is 5.33. The third kappa shape index (κ3) is 9.76. The number of rotatable bonds is 7. The highest BCUT2D eigenvalue weighted by molar-refractivity contribution is 5.69. The van der Waals surface area contributed by atoms with E-state index in [9.17, 15) is 9.59 Å². The van der Waals surface area contributed by atoms with Crippen LogP contribution in [0.25, 0.3) is 0 Å². The summed E-state index contributed by atoms with van der Waals surface area (Å²) in [6.45, 7) is 12.2. The van der Waals surface area contributed by atoms with E-state index in [0.29, 0.717) is 0 Å². The molecule has 10 nitrogen and oxygen atoms in total. The molecule has 0 aliphatic carbocycles. The van der Waals surface area contributed by atoms with Gasteiger partial charge in [-0.1, -0.05) is 0 Å². The van der Waals surface area contributed by atoms with Crippen LogP contribution in [0, 0.1) is 0 Å². The van der Waals surface area contributed by atoms with Gasteiger partial charge in [0.15, 0.2) is 0 Å². The fourth-order valence-corrected chi connectivity index (χ4v) is 3.64. The highest BCUT2D eigenvalue weighted by atomic mass is 16.4. The summed E-state index contributed by atoms with van der Waals surface area (Å²) in [6.07, 6.45) is 0. The lowest BCUT2D eigenvalue weighted by Gasteiger charge is -2.29. The van der Waals surface area contributed by atoms with Gasteiger partial charge >= 0.3 is 11.9 Å². The molecule has 0 unspecified atom stereocenters. The molecule has 2 rings (SSSR count). The molecule has 0 amide bonds. The summed E-state index contributed by atoms with van der Waals surface area (Å²) in [7, 11) is 0. The van der Waals surface area contributed by atoms with E-state index in [1.165, 1.54) is 0 Å². The van der Waals surface area contributed by atoms with Crippen LogP contribution in [0.2, 0.25) is 0 Å². The minimum atomic E-state index is -0.777. The van der Waals surface area contributed by atoms with Gasteiger partial charge in [-0.25, -0.2) is 0 Å². The van der Waals surface area contributed by atoms with Gasteiger partial charge in [0.05, 0.1) is 13.1 Å². The van der Waals surface area contributed by atoms with Crippen molar-refractivity contribution in [2.24, 2.45) is 0 Å². The van der Waals surface area contributed by atoms with Crippen LogP contribution >= 0.6 is 0 Å². The number of carbonyl (C=O) groups is 2. The van der Waals surface area contributed by atoms with Crippen LogP contribution in [0.1, 0.15) is 0 Å². The van der Waals surface area contributed by atoms with Gasteiger partial charge in [0.1, 0.15) is 0 Å². The fraction of sp³-hybridized carbons (Fsp3) is 0.889. The average Bonchev–Trinajstić information content (AvgIpc) is 2.81. The van der Waals surface area contributed by atoms with Crippen molar-refractivity contribution in [1.82, 2.24) is 30.2 Å². The maximum absolute atomic E-state index is 11.0. The Labute approximate surface area is 167 Å². The van der Waals surface area contributed by atoms with E-state index in [-0.39, 0.29) is 13.1 Å². The first-order valence-corrected chi connectivity index (χ1v) is 10.3. The van der Waals surface area contributed by atoms with E-state index in [1.807, 2.05) is 9.80 Å². The monoisotopic (exact) mass is 400 g/mol. The van der Waals surface area contributed by atoms with Gasteiger partial charge in [0.2, 0.25) is 0 Å². The summed E-state index contributed by atoms with van der Waals surface area (Å²) < 4.78 is 0. The van der Waals surface area contributed by atoms with Crippen LogP contribution in [0.15, 0.2) is 0 Å². The summed E-state index contributed by atoms with van der Waals surface area (Å²) in [5.41, 5.74) is 0. The van der Waals surface area contributed by atoms with E-state index in [2.05, 4.69) is 20.4 Å². The zero-order valence-corrected chi connectivity index (χ0v) is 16.8. The van der Waals surface area contributed by atoms with E-state index in [4.69, 9.17) is 10.2 Å². The minimum Gasteiger partial charge on any atom is -0.480 e. The first-order chi connectivity index (χ1) is 13.5. The Bertz CT molecular complexity index is 439. The zero-order valence-electron chi connectivity index (χ0n) is 16.8. The van der Waals surface area contributed by atoms with Crippen molar-refractivity contribution in [3.63, 3.8) is 0 Å². The van der Waals surface area contributed by atoms with Crippen molar-refractivity contribution in [2.45, 2.75) is 0 Å². The molecule has 0 radical (unpaired) electrons. The molecule has 0 bridgehead atoms. The zero-order chi connectivity index (χ0) is 20.2. The smallest absolute Gasteiger partial charge is 0.317 e. The van der Waals surface area contributed by atoms with Crippen LogP contribution < -0.4 is 10.6 Å². The third-order valence-electron chi connectivity index (χ3n) is 5.33. The van der Waals surface area contributed by atoms with Crippen LogP contribution in [0.3, 0.4) is 0 Å². The molecule has 0 aromatic rings. The number of hydrogen-bond donors (Lipinski definition) is 4. The molecule has 2 saturated heterocycles. The molecule has 162 valence electrons. The lowest BCUT2D eigenvalue weighted by molar-refractivity contribution is -0.139. The van der Waals surface area contributed by atoms with Crippen molar-refractivity contribution in [3.8, 4) is 0 Å². The number of aliphatic carboxylic acids is 2. The summed E-state index contributed by atoms with van der Waals surface area (Å²) in [5, 5.41) is 24.9. The molecule has 0 aromatic carbocycles. The Morgan fingerprint density at radius 1 is 0.571 bits per heavy atom. The molecule has 0 atom stereocenters. The molecular weight excluding hydrogens is 364 g/mol. The SMILES string of the molecule is O=C(O)CN1CCNCCN(CCN2CCNCCN(CC(=O)O)CC2)CC1. The lowest BCUT2D eigenvalue weighted by Crippen LogP contribution is -2.44. The van der Waals surface area contributed by atoms with Crippen molar-refractivity contribution in [3.05, 3.63) is 0 Å². The molecule has 0 saturated carbocycles.